The fourth-order valence-corrected chi connectivity index (χ4v) is 1.89. The molecular formula is C12H27N. The molecule has 0 aromatic heterocycles. The zero-order chi connectivity index (χ0) is 10.1. The summed E-state index contributed by atoms with van der Waals surface area (Å²) in [5.41, 5.74) is 0. The first-order valence-electron chi connectivity index (χ1n) is 5.99. The lowest BCUT2D eigenvalue weighted by Crippen LogP contribution is -2.35. The van der Waals surface area contributed by atoms with Gasteiger partial charge in [0.1, 0.15) is 0 Å². The molecule has 0 fully saturated rings. The molecule has 0 saturated carbocycles. The van der Waals surface area contributed by atoms with Crippen molar-refractivity contribution in [2.24, 2.45) is 5.92 Å². The van der Waals surface area contributed by atoms with Crippen LogP contribution in [0, 0.1) is 5.92 Å². The Morgan fingerprint density at radius 2 is 1.54 bits per heavy atom. The zero-order valence-corrected chi connectivity index (χ0v) is 9.90. The van der Waals surface area contributed by atoms with Gasteiger partial charge >= 0.3 is 0 Å². The van der Waals surface area contributed by atoms with Crippen molar-refractivity contribution in [1.29, 1.82) is 0 Å². The largest absolute Gasteiger partial charge is 0.314 e. The minimum absolute atomic E-state index is 0.755. The normalized spacial score (nSPS) is 15.7. The quantitative estimate of drug-likeness (QED) is 0.609. The Bertz CT molecular complexity index is 101. The van der Waals surface area contributed by atoms with Crippen LogP contribution in [-0.2, 0) is 0 Å². The summed E-state index contributed by atoms with van der Waals surface area (Å²) in [6.45, 7) is 10.4. The molecule has 0 rings (SSSR count). The Labute approximate surface area is 84.3 Å². The molecule has 2 unspecified atom stereocenters. The average Bonchev–Trinajstić information content (AvgIpc) is 2.12. The topological polar surface area (TPSA) is 12.0 Å². The van der Waals surface area contributed by atoms with E-state index >= 15 is 0 Å². The van der Waals surface area contributed by atoms with Gasteiger partial charge in [0.25, 0.3) is 0 Å². The third-order valence-corrected chi connectivity index (χ3v) is 2.69. The molecule has 0 aliphatic rings. The summed E-state index contributed by atoms with van der Waals surface area (Å²) in [7, 11) is 0. The Morgan fingerprint density at radius 3 is 2.00 bits per heavy atom. The Hall–Kier alpha value is -0.0400. The van der Waals surface area contributed by atoms with Gasteiger partial charge in [-0.1, -0.05) is 40.5 Å². The molecule has 80 valence electrons. The van der Waals surface area contributed by atoms with Gasteiger partial charge < -0.3 is 5.32 Å². The summed E-state index contributed by atoms with van der Waals surface area (Å²) in [4.78, 5) is 0. The second-order valence-corrected chi connectivity index (χ2v) is 4.12. The van der Waals surface area contributed by atoms with Gasteiger partial charge in [-0.3, -0.25) is 0 Å². The van der Waals surface area contributed by atoms with Crippen LogP contribution >= 0.6 is 0 Å². The SMILES string of the molecule is CCCNC(CCC)C(C)CCC. The maximum Gasteiger partial charge on any atom is 0.00925 e. The van der Waals surface area contributed by atoms with Crippen molar-refractivity contribution in [2.75, 3.05) is 6.54 Å². The van der Waals surface area contributed by atoms with Crippen molar-refractivity contribution < 1.29 is 0 Å². The predicted octanol–water partition coefficient (Wildman–Crippen LogP) is 3.59. The molecule has 0 aliphatic heterocycles. The van der Waals surface area contributed by atoms with E-state index in [2.05, 4.69) is 33.0 Å². The lowest BCUT2D eigenvalue weighted by atomic mass is 9.93. The number of rotatable bonds is 8. The molecule has 1 N–H and O–H groups in total. The van der Waals surface area contributed by atoms with Crippen LogP contribution in [0.25, 0.3) is 0 Å². The highest BCUT2D eigenvalue weighted by atomic mass is 14.9. The van der Waals surface area contributed by atoms with Gasteiger partial charge in [-0.05, 0) is 31.7 Å². The molecule has 0 aromatic carbocycles. The highest BCUT2D eigenvalue weighted by Gasteiger charge is 2.13. The minimum atomic E-state index is 0.755. The zero-order valence-electron chi connectivity index (χ0n) is 9.90. The number of hydrogen-bond acceptors (Lipinski definition) is 1. The van der Waals surface area contributed by atoms with E-state index in [1.54, 1.807) is 0 Å². The molecule has 1 nitrogen and oxygen atoms in total. The van der Waals surface area contributed by atoms with Crippen LogP contribution in [0.3, 0.4) is 0 Å². The van der Waals surface area contributed by atoms with E-state index in [0.29, 0.717) is 0 Å². The van der Waals surface area contributed by atoms with Crippen LogP contribution in [0.15, 0.2) is 0 Å². The first-order chi connectivity index (χ1) is 6.26. The fraction of sp³-hybridized carbons (Fsp3) is 1.00. The third kappa shape index (κ3) is 6.09. The molecule has 0 bridgehead atoms. The fourth-order valence-electron chi connectivity index (χ4n) is 1.89. The van der Waals surface area contributed by atoms with Crippen LogP contribution in [0.2, 0.25) is 0 Å². The summed E-state index contributed by atoms with van der Waals surface area (Å²) in [5.74, 6) is 0.844. The van der Waals surface area contributed by atoms with Gasteiger partial charge in [0.2, 0.25) is 0 Å². The first-order valence-corrected chi connectivity index (χ1v) is 5.99. The minimum Gasteiger partial charge on any atom is -0.314 e. The van der Waals surface area contributed by atoms with Crippen LogP contribution in [0.1, 0.15) is 59.8 Å². The standard InChI is InChI=1S/C12H27N/c1-5-8-11(4)12(9-6-2)13-10-7-3/h11-13H,5-10H2,1-4H3. The maximum absolute atomic E-state index is 3.65. The van der Waals surface area contributed by atoms with Crippen LogP contribution in [0.5, 0.6) is 0 Å². The third-order valence-electron chi connectivity index (χ3n) is 2.69. The van der Waals surface area contributed by atoms with E-state index in [0.717, 1.165) is 12.0 Å². The second-order valence-electron chi connectivity index (χ2n) is 4.12. The molecule has 0 aliphatic carbocycles. The van der Waals surface area contributed by atoms with E-state index in [9.17, 15) is 0 Å². The highest BCUT2D eigenvalue weighted by molar-refractivity contribution is 4.72. The molecule has 0 amide bonds. The van der Waals surface area contributed by atoms with E-state index in [1.807, 2.05) is 0 Å². The molecule has 2 atom stereocenters. The molecule has 1 heteroatoms. The summed E-state index contributed by atoms with van der Waals surface area (Å²) >= 11 is 0. The first kappa shape index (κ1) is 13.0. The van der Waals surface area contributed by atoms with Crippen LogP contribution in [0.4, 0.5) is 0 Å². The van der Waals surface area contributed by atoms with Gasteiger partial charge in [-0.2, -0.15) is 0 Å². The van der Waals surface area contributed by atoms with Crippen molar-refractivity contribution in [3.8, 4) is 0 Å². The summed E-state index contributed by atoms with van der Waals surface area (Å²) in [6, 6.07) is 0.755. The van der Waals surface area contributed by atoms with Gasteiger partial charge in [-0.15, -0.1) is 0 Å². The van der Waals surface area contributed by atoms with E-state index in [1.165, 1.54) is 38.6 Å². The molecule has 0 saturated heterocycles. The Kier molecular flexibility index (Phi) is 8.53. The smallest absolute Gasteiger partial charge is 0.00925 e. The predicted molar refractivity (Wildman–Crippen MR) is 61.1 cm³/mol. The van der Waals surface area contributed by atoms with Crippen LogP contribution < -0.4 is 5.32 Å². The van der Waals surface area contributed by atoms with Crippen molar-refractivity contribution >= 4 is 0 Å². The highest BCUT2D eigenvalue weighted by Crippen LogP contribution is 2.14. The van der Waals surface area contributed by atoms with Gasteiger partial charge in [-0.25, -0.2) is 0 Å². The summed E-state index contributed by atoms with van der Waals surface area (Å²) < 4.78 is 0. The lowest BCUT2D eigenvalue weighted by Gasteiger charge is -2.24. The molecule has 0 heterocycles. The monoisotopic (exact) mass is 185 g/mol. The van der Waals surface area contributed by atoms with Crippen LogP contribution in [-0.4, -0.2) is 12.6 Å². The van der Waals surface area contributed by atoms with E-state index in [-0.39, 0.29) is 0 Å². The van der Waals surface area contributed by atoms with E-state index in [4.69, 9.17) is 0 Å². The molecule has 0 aromatic rings. The Balaban J connectivity index is 3.75. The molecule has 13 heavy (non-hydrogen) atoms. The molecule has 0 radical (unpaired) electrons. The average molecular weight is 185 g/mol. The van der Waals surface area contributed by atoms with Crippen molar-refractivity contribution in [3.63, 3.8) is 0 Å². The lowest BCUT2D eigenvalue weighted by molar-refractivity contribution is 0.335. The number of nitrogens with one attached hydrogen (secondary N) is 1. The van der Waals surface area contributed by atoms with E-state index < -0.39 is 0 Å². The number of hydrogen-bond donors (Lipinski definition) is 1. The van der Waals surface area contributed by atoms with Gasteiger partial charge in [0.05, 0.1) is 0 Å². The van der Waals surface area contributed by atoms with Gasteiger partial charge in [0.15, 0.2) is 0 Å². The van der Waals surface area contributed by atoms with Crippen molar-refractivity contribution in [2.45, 2.75) is 65.8 Å². The summed E-state index contributed by atoms with van der Waals surface area (Å²) in [6.07, 6.45) is 6.56. The molecule has 0 spiro atoms. The van der Waals surface area contributed by atoms with Crippen molar-refractivity contribution in [3.05, 3.63) is 0 Å². The summed E-state index contributed by atoms with van der Waals surface area (Å²) in [5, 5.41) is 3.65. The van der Waals surface area contributed by atoms with Gasteiger partial charge in [0, 0.05) is 6.04 Å². The van der Waals surface area contributed by atoms with Crippen molar-refractivity contribution in [1.82, 2.24) is 5.32 Å². The molecular weight excluding hydrogens is 158 g/mol. The Morgan fingerprint density at radius 1 is 0.923 bits per heavy atom. The maximum atomic E-state index is 3.65. The second kappa shape index (κ2) is 8.55.